The van der Waals surface area contributed by atoms with Crippen molar-refractivity contribution in [1.82, 2.24) is 0 Å². The summed E-state index contributed by atoms with van der Waals surface area (Å²) < 4.78 is 93.9. The Balaban J connectivity index is 1.11. The van der Waals surface area contributed by atoms with Crippen LogP contribution in [0.4, 0.5) is 0 Å². The minimum Gasteiger partial charge on any atom is -0.381 e. The van der Waals surface area contributed by atoms with Gasteiger partial charge in [0.2, 0.25) is 0 Å². The quantitative estimate of drug-likeness (QED) is 0.149. The van der Waals surface area contributed by atoms with Crippen LogP contribution in [0.3, 0.4) is 0 Å². The second-order valence-corrected chi connectivity index (χ2v) is 14.4. The molecule has 0 amide bonds. The van der Waals surface area contributed by atoms with Crippen molar-refractivity contribution in [3.05, 3.63) is 0 Å². The molecule has 14 atom stereocenters. The zero-order valence-electron chi connectivity index (χ0n) is 23.4. The van der Waals surface area contributed by atoms with Crippen LogP contribution in [-0.2, 0) is 65.1 Å². The third kappa shape index (κ3) is 5.27. The van der Waals surface area contributed by atoms with Gasteiger partial charge >= 0.3 is 15.6 Å². The van der Waals surface area contributed by atoms with Gasteiger partial charge in [0, 0.05) is 14.2 Å². The summed E-state index contributed by atoms with van der Waals surface area (Å²) >= 11 is 0. The second kappa shape index (κ2) is 10.9. The van der Waals surface area contributed by atoms with Crippen molar-refractivity contribution >= 4 is 39.2 Å². The molecule has 6 fully saturated rings. The third-order valence-electron chi connectivity index (χ3n) is 8.74. The topological polar surface area (TPSA) is 185 Å². The first kappa shape index (κ1) is 31.1. The molecule has 0 radical (unpaired) electrons. The second-order valence-electron chi connectivity index (χ2n) is 11.6. The van der Waals surface area contributed by atoms with Crippen LogP contribution in [0.25, 0.3) is 0 Å². The van der Waals surface area contributed by atoms with Crippen molar-refractivity contribution in [2.75, 3.05) is 53.9 Å². The molecule has 6 heterocycles. The molecule has 230 valence electrons. The fourth-order valence-electron chi connectivity index (χ4n) is 6.99. The molecule has 21 heteroatoms. The van der Waals surface area contributed by atoms with Crippen LogP contribution in [0.15, 0.2) is 0 Å². The first-order valence-electron chi connectivity index (χ1n) is 13.5. The van der Waals surface area contributed by atoms with E-state index in [2.05, 4.69) is 0 Å². The highest BCUT2D eigenvalue weighted by molar-refractivity contribution is 7.47. The van der Waals surface area contributed by atoms with Crippen LogP contribution < -0.4 is 0 Å². The lowest BCUT2D eigenvalue weighted by atomic mass is 9.92. The van der Waals surface area contributed by atoms with E-state index in [9.17, 15) is 18.9 Å². The predicted molar refractivity (Wildman–Crippen MR) is 142 cm³/mol. The molecule has 0 spiro atoms. The fourth-order valence-corrected chi connectivity index (χ4v) is 9.07. The maximum absolute atomic E-state index is 13.1. The zero-order valence-corrected chi connectivity index (χ0v) is 25.2. The van der Waals surface area contributed by atoms with Crippen molar-refractivity contribution in [1.29, 1.82) is 0 Å². The van der Waals surface area contributed by atoms with E-state index < -0.39 is 75.6 Å². The highest BCUT2D eigenvalue weighted by Crippen LogP contribution is 2.57. The summed E-state index contributed by atoms with van der Waals surface area (Å²) in [6, 6.07) is -1.25. The minimum absolute atomic E-state index is 0.0867. The summed E-state index contributed by atoms with van der Waals surface area (Å²) in [5.41, 5.74) is -3.61. The van der Waals surface area contributed by atoms with Crippen LogP contribution in [-0.4, -0.2) is 159 Å². The van der Waals surface area contributed by atoms with Crippen molar-refractivity contribution in [2.24, 2.45) is 0 Å². The number of hydrogen-bond donors (Lipinski definition) is 2. The van der Waals surface area contributed by atoms with Crippen LogP contribution in [0, 0.1) is 0 Å². The van der Waals surface area contributed by atoms with Gasteiger partial charge in [0.05, 0.1) is 57.7 Å². The Labute approximate surface area is 239 Å². The summed E-state index contributed by atoms with van der Waals surface area (Å²) in [6.07, 6.45) is -4.23. The molecule has 16 nitrogen and oxygen atoms in total. The number of hydrogen-bond acceptors (Lipinski definition) is 14. The number of methoxy groups -OCH3 is 2. The number of phosphoric acid groups is 2. The van der Waals surface area contributed by atoms with E-state index in [-0.39, 0.29) is 51.1 Å². The summed E-state index contributed by atoms with van der Waals surface area (Å²) in [5, 5.41) is 0. The largest absolute Gasteiger partial charge is 0.472 e. The van der Waals surface area contributed by atoms with Gasteiger partial charge in [-0.05, 0) is 0 Å². The Morgan fingerprint density at radius 3 is 1.41 bits per heavy atom. The fraction of sp³-hybridized carbons (Fsp3) is 1.00. The predicted octanol–water partition coefficient (Wildman–Crippen LogP) is -3.97. The first-order chi connectivity index (χ1) is 19.3. The van der Waals surface area contributed by atoms with E-state index in [4.69, 9.17) is 56.0 Å². The molecule has 0 saturated carbocycles. The van der Waals surface area contributed by atoms with Crippen molar-refractivity contribution in [2.45, 2.75) is 71.4 Å². The molecule has 0 aromatic heterocycles. The van der Waals surface area contributed by atoms with E-state index >= 15 is 0 Å². The van der Waals surface area contributed by atoms with Gasteiger partial charge < -0.3 is 47.7 Å². The number of rotatable bonds is 13. The van der Waals surface area contributed by atoms with E-state index in [1.54, 1.807) is 15.7 Å². The molecule has 11 unspecified atom stereocenters. The average Bonchev–Trinajstić information content (AvgIpc) is 3.69. The van der Waals surface area contributed by atoms with Crippen molar-refractivity contribution < 1.29 is 74.9 Å². The van der Waals surface area contributed by atoms with Gasteiger partial charge in [-0.2, -0.15) is 0 Å². The molecule has 0 aliphatic carbocycles. The van der Waals surface area contributed by atoms with Crippen LogP contribution in [0.5, 0.6) is 0 Å². The highest BCUT2D eigenvalue weighted by Gasteiger charge is 2.66. The summed E-state index contributed by atoms with van der Waals surface area (Å²) in [7, 11) is -1.18. The SMILES string of the molecule is BC1O[C@]2(COP(=O)(O)OC3C4OC[C@@]3(COP(=O)(O)OC3C5OC[C@@]3(COC)OC5B)OC4B)COC1C2OC. The summed E-state index contributed by atoms with van der Waals surface area (Å²) in [5.74, 6) is 0. The Morgan fingerprint density at radius 2 is 1.05 bits per heavy atom. The summed E-state index contributed by atoms with van der Waals surface area (Å²) in [4.78, 5) is 21.4. The average molecular weight is 626 g/mol. The number of phosphoric ester groups is 2. The smallest absolute Gasteiger partial charge is 0.381 e. The van der Waals surface area contributed by atoms with E-state index in [1.807, 2.05) is 7.85 Å². The molecule has 6 rings (SSSR count). The molecule has 6 aliphatic heterocycles. The Kier molecular flexibility index (Phi) is 8.24. The van der Waals surface area contributed by atoms with Gasteiger partial charge in [-0.3, -0.25) is 18.1 Å². The number of fused-ring (bicyclic) bond motifs is 6. The molecule has 0 aromatic rings. The zero-order chi connectivity index (χ0) is 29.4. The Hall–Kier alpha value is 0.0948. The lowest BCUT2D eigenvalue weighted by molar-refractivity contribution is -0.145. The van der Waals surface area contributed by atoms with Gasteiger partial charge in [0.25, 0.3) is 0 Å². The molecule has 2 N–H and O–H groups in total. The molecule has 41 heavy (non-hydrogen) atoms. The molecular weight excluding hydrogens is 591 g/mol. The van der Waals surface area contributed by atoms with Crippen LogP contribution in [0.2, 0.25) is 0 Å². The molecule has 6 aliphatic rings. The standard InChI is InChI=1S/C20H35B3O16P2/c1-28-3-18-4-31-10(16(22)35-18)13(18)38-41(26,27)34-8-20-6-32-11(17(23)37-20)14(20)39-40(24,25)33-7-19-5-30-9(12(19)29-2)15(21)36-19/h9-17H,3-8,21-23H2,1-2H3,(H,24,25)(H,26,27)/t9?,10?,11?,12?,13?,14?,15?,16?,17?,18-,19+,20+/m1/s1. The summed E-state index contributed by atoms with van der Waals surface area (Å²) in [6.45, 7) is -0.644. The lowest BCUT2D eigenvalue weighted by Gasteiger charge is -2.33. The lowest BCUT2D eigenvalue weighted by Crippen LogP contribution is -2.47. The maximum atomic E-state index is 13.1. The van der Waals surface area contributed by atoms with Gasteiger partial charge in [-0.25, -0.2) is 9.13 Å². The minimum atomic E-state index is -4.73. The van der Waals surface area contributed by atoms with Crippen LogP contribution in [0.1, 0.15) is 0 Å². The maximum Gasteiger partial charge on any atom is 0.472 e. The normalized spacial score (nSPS) is 50.9. The van der Waals surface area contributed by atoms with Gasteiger partial charge in [0.15, 0.2) is 0 Å². The molecular formula is C20H35B3O16P2. The third-order valence-corrected chi connectivity index (χ3v) is 10.6. The Bertz CT molecular complexity index is 1110. The van der Waals surface area contributed by atoms with Gasteiger partial charge in [-0.1, -0.05) is 0 Å². The van der Waals surface area contributed by atoms with E-state index in [0.29, 0.717) is 0 Å². The van der Waals surface area contributed by atoms with Crippen molar-refractivity contribution in [3.8, 4) is 0 Å². The first-order valence-corrected chi connectivity index (χ1v) is 16.5. The monoisotopic (exact) mass is 626 g/mol. The van der Waals surface area contributed by atoms with E-state index in [0.717, 1.165) is 0 Å². The van der Waals surface area contributed by atoms with E-state index in [1.165, 1.54) is 14.2 Å². The van der Waals surface area contributed by atoms with Gasteiger partial charge in [-0.15, -0.1) is 0 Å². The Morgan fingerprint density at radius 1 is 0.683 bits per heavy atom. The number of ether oxygens (including phenoxy) is 8. The van der Waals surface area contributed by atoms with Gasteiger partial charge in [0.1, 0.15) is 77.0 Å². The van der Waals surface area contributed by atoms with Crippen LogP contribution >= 0.6 is 15.6 Å². The molecule has 6 bridgehead atoms. The molecule has 6 saturated heterocycles. The van der Waals surface area contributed by atoms with Crippen molar-refractivity contribution in [3.63, 3.8) is 0 Å². The molecule has 0 aromatic carbocycles. The highest BCUT2D eigenvalue weighted by atomic mass is 31.2.